The van der Waals surface area contributed by atoms with Crippen LogP contribution in [0, 0.1) is 0 Å². The number of carboxylic acids is 1. The maximum absolute atomic E-state index is 12.9. The van der Waals surface area contributed by atoms with E-state index in [0.717, 1.165) is 0 Å². The predicted octanol–water partition coefficient (Wildman–Crippen LogP) is 1.57. The van der Waals surface area contributed by atoms with Gasteiger partial charge in [-0.15, -0.1) is 0 Å². The molecule has 4 rings (SSSR count). The highest BCUT2D eigenvalue weighted by atomic mass is 32.2. The minimum atomic E-state index is -3.77. The Hall–Kier alpha value is -3.33. The van der Waals surface area contributed by atoms with E-state index in [1.807, 2.05) is 0 Å². The van der Waals surface area contributed by atoms with E-state index in [4.69, 9.17) is 5.11 Å². The number of aliphatic carboxylic acids is 1. The molecule has 160 valence electrons. The summed E-state index contributed by atoms with van der Waals surface area (Å²) in [4.78, 5) is 50.7. The fourth-order valence-corrected chi connectivity index (χ4v) is 5.63. The Balaban J connectivity index is 1.53. The lowest BCUT2D eigenvalue weighted by Gasteiger charge is -2.31. The SMILES string of the molecule is O=C(O)CS(=O)(=O)C1CCN(C(=O)c2ccc3c(c2)C(=O)c2ccccc2C3=O)CC1. The van der Waals surface area contributed by atoms with Crippen molar-refractivity contribution in [3.63, 3.8) is 0 Å². The smallest absolute Gasteiger partial charge is 0.318 e. The molecule has 0 radical (unpaired) electrons. The van der Waals surface area contributed by atoms with Crippen LogP contribution in [0.3, 0.4) is 0 Å². The summed E-state index contributed by atoms with van der Waals surface area (Å²) in [6.45, 7) is 0.324. The first-order chi connectivity index (χ1) is 14.7. The van der Waals surface area contributed by atoms with Crippen molar-refractivity contribution in [1.82, 2.24) is 4.90 Å². The molecule has 31 heavy (non-hydrogen) atoms. The lowest BCUT2D eigenvalue weighted by atomic mass is 9.83. The Kier molecular flexibility index (Phi) is 5.22. The van der Waals surface area contributed by atoms with Crippen molar-refractivity contribution in [2.75, 3.05) is 18.8 Å². The molecule has 1 fully saturated rings. The number of piperidine rings is 1. The van der Waals surface area contributed by atoms with Gasteiger partial charge >= 0.3 is 5.97 Å². The first-order valence-electron chi connectivity index (χ1n) is 9.74. The molecule has 0 aromatic heterocycles. The largest absolute Gasteiger partial charge is 0.480 e. The van der Waals surface area contributed by atoms with Crippen LogP contribution in [0.1, 0.15) is 55.0 Å². The Labute approximate surface area is 178 Å². The molecule has 8 nitrogen and oxygen atoms in total. The number of sulfone groups is 1. The Morgan fingerprint density at radius 2 is 1.45 bits per heavy atom. The normalized spacial score (nSPS) is 16.6. The van der Waals surface area contributed by atoms with Crippen LogP contribution in [0.4, 0.5) is 0 Å². The molecule has 2 aromatic rings. The minimum absolute atomic E-state index is 0.150. The third kappa shape index (κ3) is 3.76. The number of ketones is 2. The van der Waals surface area contributed by atoms with Gasteiger partial charge in [-0.3, -0.25) is 19.2 Å². The fraction of sp³-hybridized carbons (Fsp3) is 0.273. The van der Waals surface area contributed by atoms with Crippen molar-refractivity contribution >= 4 is 33.3 Å². The number of hydrogen-bond donors (Lipinski definition) is 1. The maximum Gasteiger partial charge on any atom is 0.318 e. The lowest BCUT2D eigenvalue weighted by Crippen LogP contribution is -2.43. The number of likely N-dealkylation sites (tertiary alicyclic amines) is 1. The van der Waals surface area contributed by atoms with Gasteiger partial charge in [-0.05, 0) is 31.0 Å². The predicted molar refractivity (Wildman–Crippen MR) is 110 cm³/mol. The standard InChI is InChI=1S/C22H19NO7S/c24-19(25)12-31(29,30)14-7-9-23(10-8-14)22(28)13-5-6-17-18(11-13)21(27)16-4-2-1-3-15(16)20(17)26/h1-6,11,14H,7-10,12H2,(H,24,25). The molecule has 0 saturated carbocycles. The van der Waals surface area contributed by atoms with Crippen LogP contribution < -0.4 is 0 Å². The zero-order valence-corrected chi connectivity index (χ0v) is 17.2. The van der Waals surface area contributed by atoms with Gasteiger partial charge in [-0.1, -0.05) is 24.3 Å². The molecule has 9 heteroatoms. The van der Waals surface area contributed by atoms with Gasteiger partial charge in [0.15, 0.2) is 21.4 Å². The zero-order chi connectivity index (χ0) is 22.3. The zero-order valence-electron chi connectivity index (χ0n) is 16.4. The number of amides is 1. The molecule has 0 atom stereocenters. The molecule has 1 aliphatic heterocycles. The van der Waals surface area contributed by atoms with Crippen molar-refractivity contribution in [2.45, 2.75) is 18.1 Å². The minimum Gasteiger partial charge on any atom is -0.480 e. The summed E-state index contributed by atoms with van der Waals surface area (Å²) in [6, 6.07) is 10.9. The van der Waals surface area contributed by atoms with E-state index in [1.54, 1.807) is 24.3 Å². The van der Waals surface area contributed by atoms with Crippen LogP contribution in [0.25, 0.3) is 0 Å². The highest BCUT2D eigenvalue weighted by Crippen LogP contribution is 2.29. The summed E-state index contributed by atoms with van der Waals surface area (Å²) in [5, 5.41) is 7.97. The van der Waals surface area contributed by atoms with Crippen LogP contribution in [0.15, 0.2) is 42.5 Å². The summed E-state index contributed by atoms with van der Waals surface area (Å²) >= 11 is 0. The van der Waals surface area contributed by atoms with Crippen molar-refractivity contribution in [2.24, 2.45) is 0 Å². The van der Waals surface area contributed by atoms with Crippen molar-refractivity contribution in [3.8, 4) is 0 Å². The number of carbonyl (C=O) groups is 4. The van der Waals surface area contributed by atoms with Crippen LogP contribution in [0.5, 0.6) is 0 Å². The van der Waals surface area contributed by atoms with E-state index in [0.29, 0.717) is 11.1 Å². The van der Waals surface area contributed by atoms with E-state index in [9.17, 15) is 27.6 Å². The Bertz CT molecular complexity index is 1220. The average molecular weight is 441 g/mol. The molecule has 0 spiro atoms. The molecular weight excluding hydrogens is 422 g/mol. The van der Waals surface area contributed by atoms with E-state index < -0.39 is 26.8 Å². The number of rotatable bonds is 4. The Morgan fingerprint density at radius 3 is 2.03 bits per heavy atom. The van der Waals surface area contributed by atoms with Gasteiger partial charge < -0.3 is 10.0 Å². The Morgan fingerprint density at radius 1 is 0.903 bits per heavy atom. The molecule has 0 unspecified atom stereocenters. The van der Waals surface area contributed by atoms with E-state index >= 15 is 0 Å². The number of hydrogen-bond acceptors (Lipinski definition) is 6. The summed E-state index contributed by atoms with van der Waals surface area (Å²) in [6.07, 6.45) is 0.300. The van der Waals surface area contributed by atoms with Gasteiger partial charge in [0.2, 0.25) is 0 Å². The average Bonchev–Trinajstić information content (AvgIpc) is 2.76. The van der Waals surface area contributed by atoms with Gasteiger partial charge in [-0.25, -0.2) is 8.42 Å². The number of carboxylic acid groups (broad SMARTS) is 1. The van der Waals surface area contributed by atoms with Gasteiger partial charge in [0.1, 0.15) is 5.75 Å². The first kappa shape index (κ1) is 20.9. The molecule has 1 N–H and O–H groups in total. The molecule has 1 heterocycles. The number of fused-ring (bicyclic) bond motifs is 2. The second-order valence-electron chi connectivity index (χ2n) is 7.66. The van der Waals surface area contributed by atoms with Gasteiger partial charge in [0.25, 0.3) is 5.91 Å². The summed E-state index contributed by atoms with van der Waals surface area (Å²) in [5.74, 6) is -3.27. The highest BCUT2D eigenvalue weighted by Gasteiger charge is 2.34. The monoisotopic (exact) mass is 441 g/mol. The summed E-state index contributed by atoms with van der Waals surface area (Å²) < 4.78 is 24.2. The van der Waals surface area contributed by atoms with E-state index in [1.165, 1.54) is 23.1 Å². The molecular formula is C22H19NO7S. The van der Waals surface area contributed by atoms with Crippen LogP contribution in [-0.4, -0.2) is 66.0 Å². The second-order valence-corrected chi connectivity index (χ2v) is 9.94. The molecule has 1 saturated heterocycles. The van der Waals surface area contributed by atoms with Crippen LogP contribution >= 0.6 is 0 Å². The maximum atomic E-state index is 12.9. The van der Waals surface area contributed by atoms with Crippen LogP contribution in [-0.2, 0) is 14.6 Å². The van der Waals surface area contributed by atoms with Gasteiger partial charge in [0.05, 0.1) is 5.25 Å². The third-order valence-electron chi connectivity index (χ3n) is 5.73. The molecule has 2 aromatic carbocycles. The molecule has 1 amide bonds. The quantitative estimate of drug-likeness (QED) is 0.651. The van der Waals surface area contributed by atoms with E-state index in [-0.39, 0.29) is 60.1 Å². The third-order valence-corrected chi connectivity index (χ3v) is 7.87. The molecule has 2 aliphatic rings. The summed E-state index contributed by atoms with van der Waals surface area (Å²) in [7, 11) is -3.77. The van der Waals surface area contributed by atoms with Crippen molar-refractivity contribution in [1.29, 1.82) is 0 Å². The fourth-order valence-electron chi connectivity index (χ4n) is 4.12. The number of carbonyl (C=O) groups excluding carboxylic acids is 3. The van der Waals surface area contributed by atoms with E-state index in [2.05, 4.69) is 0 Å². The second kappa shape index (κ2) is 7.73. The number of benzene rings is 2. The summed E-state index contributed by atoms with van der Waals surface area (Å²) in [5.41, 5.74) is 1.30. The molecule has 1 aliphatic carbocycles. The van der Waals surface area contributed by atoms with Crippen molar-refractivity contribution < 1.29 is 32.7 Å². The topological polar surface area (TPSA) is 126 Å². The lowest BCUT2D eigenvalue weighted by molar-refractivity contribution is -0.134. The highest BCUT2D eigenvalue weighted by molar-refractivity contribution is 7.92. The number of nitrogens with zero attached hydrogens (tertiary/aromatic N) is 1. The van der Waals surface area contributed by atoms with Gasteiger partial charge in [0, 0.05) is 40.9 Å². The van der Waals surface area contributed by atoms with Crippen molar-refractivity contribution in [3.05, 3.63) is 70.3 Å². The molecule has 0 bridgehead atoms. The first-order valence-corrected chi connectivity index (χ1v) is 11.5. The van der Waals surface area contributed by atoms with Gasteiger partial charge in [-0.2, -0.15) is 0 Å². The van der Waals surface area contributed by atoms with Crippen LogP contribution in [0.2, 0.25) is 0 Å².